The fourth-order valence-electron chi connectivity index (χ4n) is 2.10. The van der Waals surface area contributed by atoms with Crippen molar-refractivity contribution < 1.29 is 19.1 Å². The molecule has 0 bridgehead atoms. The molecule has 0 radical (unpaired) electrons. The zero-order valence-electron chi connectivity index (χ0n) is 14.8. The molecule has 0 aliphatic heterocycles. The molecule has 2 N–H and O–H groups in total. The lowest BCUT2D eigenvalue weighted by Gasteiger charge is -2.12. The topological polar surface area (TPSA) is 76.7 Å². The zero-order chi connectivity index (χ0) is 19.1. The highest BCUT2D eigenvalue weighted by molar-refractivity contribution is 6.30. The first kappa shape index (κ1) is 19.6. The Morgan fingerprint density at radius 1 is 1.08 bits per heavy atom. The summed E-state index contributed by atoms with van der Waals surface area (Å²) in [5.41, 5.74) is 5.36. The molecule has 0 aliphatic carbocycles. The Bertz CT molecular complexity index is 793. The van der Waals surface area contributed by atoms with Crippen LogP contribution < -0.4 is 20.3 Å². The Hall–Kier alpha value is -2.73. The summed E-state index contributed by atoms with van der Waals surface area (Å²) in [4.78, 5) is 24.5. The summed E-state index contributed by atoms with van der Waals surface area (Å²) in [6, 6.07) is 11.3. The Labute approximate surface area is 157 Å². The van der Waals surface area contributed by atoms with Crippen LogP contribution in [-0.2, 0) is 0 Å². The predicted octanol–water partition coefficient (Wildman–Crippen LogP) is 3.46. The molecule has 6 nitrogen and oxygen atoms in total. The van der Waals surface area contributed by atoms with Crippen molar-refractivity contribution in [3.8, 4) is 11.5 Å². The van der Waals surface area contributed by atoms with Crippen molar-refractivity contribution in [3.05, 3.63) is 58.6 Å². The average molecular weight is 377 g/mol. The van der Waals surface area contributed by atoms with Crippen LogP contribution in [0.4, 0.5) is 0 Å². The van der Waals surface area contributed by atoms with E-state index in [4.69, 9.17) is 21.1 Å². The number of amides is 2. The summed E-state index contributed by atoms with van der Waals surface area (Å²) in [5, 5.41) is 0.445. The van der Waals surface area contributed by atoms with Crippen LogP contribution in [0.25, 0.3) is 0 Å². The largest absolute Gasteiger partial charge is 0.496 e. The van der Waals surface area contributed by atoms with E-state index >= 15 is 0 Å². The summed E-state index contributed by atoms with van der Waals surface area (Å²) in [6.07, 6.45) is 0. The van der Waals surface area contributed by atoms with Crippen LogP contribution in [0.3, 0.4) is 0 Å². The van der Waals surface area contributed by atoms with E-state index in [2.05, 4.69) is 10.9 Å². The Balaban J connectivity index is 2.00. The highest BCUT2D eigenvalue weighted by Gasteiger charge is 2.14. The van der Waals surface area contributed by atoms with Crippen LogP contribution in [0.2, 0.25) is 5.02 Å². The van der Waals surface area contributed by atoms with Gasteiger partial charge in [-0.2, -0.15) is 0 Å². The van der Waals surface area contributed by atoms with Crippen molar-refractivity contribution in [2.45, 2.75) is 13.8 Å². The third kappa shape index (κ3) is 5.39. The molecular weight excluding hydrogens is 356 g/mol. The molecule has 0 saturated carbocycles. The second kappa shape index (κ2) is 9.10. The first-order chi connectivity index (χ1) is 12.4. The molecule has 0 spiro atoms. The molecule has 7 heteroatoms. The predicted molar refractivity (Wildman–Crippen MR) is 99.7 cm³/mol. The van der Waals surface area contributed by atoms with Gasteiger partial charge in [0.2, 0.25) is 0 Å². The minimum Gasteiger partial charge on any atom is -0.496 e. The van der Waals surface area contributed by atoms with Crippen molar-refractivity contribution >= 4 is 23.4 Å². The van der Waals surface area contributed by atoms with E-state index < -0.39 is 11.8 Å². The lowest BCUT2D eigenvalue weighted by molar-refractivity contribution is 0.0844. The molecule has 0 fully saturated rings. The Morgan fingerprint density at radius 2 is 1.81 bits per heavy atom. The van der Waals surface area contributed by atoms with Crippen molar-refractivity contribution in [2.75, 3.05) is 13.7 Å². The van der Waals surface area contributed by atoms with Gasteiger partial charge in [0.05, 0.1) is 19.3 Å². The van der Waals surface area contributed by atoms with E-state index in [-0.39, 0.29) is 5.56 Å². The quantitative estimate of drug-likeness (QED) is 0.757. The Kier molecular flexibility index (Phi) is 6.86. The van der Waals surface area contributed by atoms with E-state index in [1.54, 1.807) is 30.3 Å². The molecule has 0 aliphatic rings. The second-order valence-electron chi connectivity index (χ2n) is 5.99. The summed E-state index contributed by atoms with van der Waals surface area (Å²) >= 11 is 5.87. The van der Waals surface area contributed by atoms with Crippen LogP contribution >= 0.6 is 11.6 Å². The molecule has 0 aromatic heterocycles. The molecule has 0 atom stereocenters. The molecule has 0 saturated heterocycles. The first-order valence-corrected chi connectivity index (χ1v) is 8.45. The highest BCUT2D eigenvalue weighted by Crippen LogP contribution is 2.22. The standard InChI is InChI=1S/C19H21ClN2O4/c1-12(2)11-26-15-6-4-5-13(9-15)18(23)21-22-19(24)16-8-7-14(20)10-17(16)25-3/h4-10,12H,11H2,1-3H3,(H,21,23)(H,22,24). The third-order valence-corrected chi connectivity index (χ3v) is 3.61. The maximum Gasteiger partial charge on any atom is 0.273 e. The van der Waals surface area contributed by atoms with Crippen LogP contribution in [-0.4, -0.2) is 25.5 Å². The van der Waals surface area contributed by atoms with Crippen LogP contribution in [0.1, 0.15) is 34.6 Å². The molecule has 2 aromatic rings. The first-order valence-electron chi connectivity index (χ1n) is 8.07. The third-order valence-electron chi connectivity index (χ3n) is 3.38. The van der Waals surface area contributed by atoms with Gasteiger partial charge in [-0.25, -0.2) is 0 Å². The van der Waals surface area contributed by atoms with Crippen LogP contribution in [0, 0.1) is 5.92 Å². The summed E-state index contributed by atoms with van der Waals surface area (Å²) < 4.78 is 10.7. The van der Waals surface area contributed by atoms with Crippen molar-refractivity contribution in [2.24, 2.45) is 5.92 Å². The SMILES string of the molecule is COc1cc(Cl)ccc1C(=O)NNC(=O)c1cccc(OCC(C)C)c1. The second-order valence-corrected chi connectivity index (χ2v) is 6.42. The normalized spacial score (nSPS) is 10.3. The van der Waals surface area contributed by atoms with E-state index in [9.17, 15) is 9.59 Å². The van der Waals surface area contributed by atoms with E-state index in [1.807, 2.05) is 13.8 Å². The number of methoxy groups -OCH3 is 1. The summed E-state index contributed by atoms with van der Waals surface area (Å²) in [7, 11) is 1.43. The van der Waals surface area contributed by atoms with E-state index in [0.717, 1.165) is 0 Å². The number of carbonyl (C=O) groups excluding carboxylic acids is 2. The van der Waals surface area contributed by atoms with Crippen LogP contribution in [0.15, 0.2) is 42.5 Å². The monoisotopic (exact) mass is 376 g/mol. The number of benzene rings is 2. The maximum absolute atomic E-state index is 12.2. The minimum atomic E-state index is -0.515. The molecule has 138 valence electrons. The minimum absolute atomic E-state index is 0.256. The van der Waals surface area contributed by atoms with Gasteiger partial charge in [-0.05, 0) is 42.3 Å². The van der Waals surface area contributed by atoms with Gasteiger partial charge in [-0.3, -0.25) is 20.4 Å². The smallest absolute Gasteiger partial charge is 0.273 e. The lowest BCUT2D eigenvalue weighted by atomic mass is 10.2. The number of hydrogen-bond acceptors (Lipinski definition) is 4. The fourth-order valence-corrected chi connectivity index (χ4v) is 2.26. The number of carbonyl (C=O) groups is 2. The number of rotatable bonds is 6. The van der Waals surface area contributed by atoms with Gasteiger partial charge in [0.25, 0.3) is 11.8 Å². The number of halogens is 1. The number of hydrazine groups is 1. The van der Waals surface area contributed by atoms with Crippen molar-refractivity contribution in [3.63, 3.8) is 0 Å². The molecule has 2 amide bonds. The van der Waals surface area contributed by atoms with Crippen molar-refractivity contribution in [1.29, 1.82) is 0 Å². The molecular formula is C19H21ClN2O4. The van der Waals surface area contributed by atoms with Gasteiger partial charge in [0.15, 0.2) is 0 Å². The van der Waals surface area contributed by atoms with Crippen molar-refractivity contribution in [1.82, 2.24) is 10.9 Å². The molecule has 0 heterocycles. The number of ether oxygens (including phenoxy) is 2. The Morgan fingerprint density at radius 3 is 2.50 bits per heavy atom. The van der Waals surface area contributed by atoms with E-state index in [0.29, 0.717) is 34.6 Å². The van der Waals surface area contributed by atoms with Gasteiger partial charge in [0, 0.05) is 10.6 Å². The number of nitrogens with one attached hydrogen (secondary N) is 2. The average Bonchev–Trinajstić information content (AvgIpc) is 2.64. The lowest BCUT2D eigenvalue weighted by Crippen LogP contribution is -2.41. The molecule has 26 heavy (non-hydrogen) atoms. The van der Waals surface area contributed by atoms with Gasteiger partial charge >= 0.3 is 0 Å². The van der Waals surface area contributed by atoms with Gasteiger partial charge in [0.1, 0.15) is 11.5 Å². The maximum atomic E-state index is 12.2. The number of hydrogen-bond donors (Lipinski definition) is 2. The van der Waals surface area contributed by atoms with Gasteiger partial charge in [-0.15, -0.1) is 0 Å². The fraction of sp³-hybridized carbons (Fsp3) is 0.263. The van der Waals surface area contributed by atoms with E-state index in [1.165, 1.54) is 19.2 Å². The molecule has 0 unspecified atom stereocenters. The molecule has 2 rings (SSSR count). The zero-order valence-corrected chi connectivity index (χ0v) is 15.6. The summed E-state index contributed by atoms with van der Waals surface area (Å²) in [6.45, 7) is 4.63. The molecule has 2 aromatic carbocycles. The van der Waals surface area contributed by atoms with Crippen LogP contribution in [0.5, 0.6) is 11.5 Å². The summed E-state index contributed by atoms with van der Waals surface area (Å²) in [5.74, 6) is 0.312. The highest BCUT2D eigenvalue weighted by atomic mass is 35.5. The van der Waals surface area contributed by atoms with Gasteiger partial charge < -0.3 is 9.47 Å². The van der Waals surface area contributed by atoms with Gasteiger partial charge in [-0.1, -0.05) is 31.5 Å².